The molecule has 0 aromatic carbocycles. The van der Waals surface area contributed by atoms with Crippen molar-refractivity contribution in [2.45, 2.75) is 39.5 Å². The molecule has 0 aromatic rings. The van der Waals surface area contributed by atoms with Crippen molar-refractivity contribution in [1.29, 1.82) is 0 Å². The predicted molar refractivity (Wildman–Crippen MR) is 62.3 cm³/mol. The van der Waals surface area contributed by atoms with E-state index in [2.05, 4.69) is 20.8 Å². The predicted octanol–water partition coefficient (Wildman–Crippen LogP) is 2.65. The molecule has 1 atom stereocenters. The topological polar surface area (TPSA) is 20.3 Å². The highest BCUT2D eigenvalue weighted by Crippen LogP contribution is 2.32. The van der Waals surface area contributed by atoms with Crippen LogP contribution in [-0.4, -0.2) is 28.5 Å². The fourth-order valence-electron chi connectivity index (χ4n) is 1.74. The minimum atomic E-state index is 0.232. The molecule has 0 aliphatic carbocycles. The van der Waals surface area contributed by atoms with E-state index < -0.39 is 0 Å². The van der Waals surface area contributed by atoms with Gasteiger partial charge in [-0.25, -0.2) is 0 Å². The summed E-state index contributed by atoms with van der Waals surface area (Å²) in [5.74, 6) is 1.29. The molecule has 14 heavy (non-hydrogen) atoms. The Bertz CT molecular complexity index is 260. The first-order valence-electron chi connectivity index (χ1n) is 5.23. The maximum Gasteiger partial charge on any atom is 0.250 e. The van der Waals surface area contributed by atoms with Gasteiger partial charge in [-0.05, 0) is 31.6 Å². The minimum Gasteiger partial charge on any atom is -0.323 e. The number of rotatable bonds is 4. The molecule has 0 radical (unpaired) electrons. The Balaban J connectivity index is 2.82. The maximum atomic E-state index is 11.8. The molecule has 0 saturated heterocycles. The summed E-state index contributed by atoms with van der Waals surface area (Å²) in [6.45, 7) is 9.15. The second kappa shape index (κ2) is 4.87. The molecular formula is C11H19NOS. The molecule has 1 aliphatic rings. The van der Waals surface area contributed by atoms with Gasteiger partial charge >= 0.3 is 0 Å². The van der Waals surface area contributed by atoms with Crippen molar-refractivity contribution in [3.8, 4) is 0 Å². The molecule has 0 N–H and O–H groups in total. The summed E-state index contributed by atoms with van der Waals surface area (Å²) in [6.07, 6.45) is 1.03. The normalized spacial score (nSPS) is 22.4. The van der Waals surface area contributed by atoms with Crippen LogP contribution in [0, 0.1) is 0 Å². The largest absolute Gasteiger partial charge is 0.323 e. The first-order chi connectivity index (χ1) is 6.63. The van der Waals surface area contributed by atoms with Gasteiger partial charge in [0, 0.05) is 12.1 Å². The molecule has 0 aromatic heterocycles. The van der Waals surface area contributed by atoms with Crippen LogP contribution in [0.1, 0.15) is 34.1 Å². The van der Waals surface area contributed by atoms with Crippen molar-refractivity contribution < 1.29 is 4.79 Å². The fourth-order valence-corrected chi connectivity index (χ4v) is 2.87. The first kappa shape index (κ1) is 11.6. The third-order valence-electron chi connectivity index (χ3n) is 2.62. The van der Waals surface area contributed by atoms with Gasteiger partial charge in [-0.2, -0.15) is 0 Å². The van der Waals surface area contributed by atoms with Gasteiger partial charge in [0.2, 0.25) is 0 Å². The number of carbonyl (C=O) groups excluding carboxylic acids is 1. The van der Waals surface area contributed by atoms with E-state index in [1.54, 1.807) is 0 Å². The quantitative estimate of drug-likeness (QED) is 0.715. The van der Waals surface area contributed by atoms with E-state index in [1.165, 1.54) is 5.57 Å². The summed E-state index contributed by atoms with van der Waals surface area (Å²) >= 11 is 1.85. The second-order valence-electron chi connectivity index (χ2n) is 3.61. The monoisotopic (exact) mass is 213 g/mol. The van der Waals surface area contributed by atoms with Gasteiger partial charge in [-0.1, -0.05) is 13.8 Å². The number of carbonyl (C=O) groups is 1. The van der Waals surface area contributed by atoms with Crippen LogP contribution in [0.2, 0.25) is 0 Å². The van der Waals surface area contributed by atoms with Gasteiger partial charge in [-0.3, -0.25) is 4.79 Å². The first-order valence-corrected chi connectivity index (χ1v) is 6.28. The van der Waals surface area contributed by atoms with Gasteiger partial charge < -0.3 is 4.90 Å². The highest BCUT2D eigenvalue weighted by atomic mass is 32.2. The van der Waals surface area contributed by atoms with Crippen molar-refractivity contribution in [2.24, 2.45) is 0 Å². The summed E-state index contributed by atoms with van der Waals surface area (Å²) in [5, 5.41) is 0.299. The van der Waals surface area contributed by atoms with E-state index in [9.17, 15) is 4.79 Å². The van der Waals surface area contributed by atoms with Crippen molar-refractivity contribution >= 4 is 17.7 Å². The molecule has 0 spiro atoms. The van der Waals surface area contributed by atoms with E-state index in [4.69, 9.17) is 0 Å². The zero-order valence-electron chi connectivity index (χ0n) is 9.46. The van der Waals surface area contributed by atoms with E-state index in [-0.39, 0.29) is 5.91 Å². The highest BCUT2D eigenvalue weighted by Gasteiger charge is 2.33. The molecule has 1 heterocycles. The Morgan fingerprint density at radius 2 is 2.00 bits per heavy atom. The SMILES string of the molecule is CCCN1C(=O)C(C)=C(C)C1SCC. The number of hydrogen-bond donors (Lipinski definition) is 0. The van der Waals surface area contributed by atoms with Crippen molar-refractivity contribution in [1.82, 2.24) is 4.90 Å². The van der Waals surface area contributed by atoms with Crippen LogP contribution in [0.3, 0.4) is 0 Å². The van der Waals surface area contributed by atoms with E-state index in [0.717, 1.165) is 24.3 Å². The zero-order chi connectivity index (χ0) is 10.7. The van der Waals surface area contributed by atoms with Gasteiger partial charge in [-0.15, -0.1) is 11.8 Å². The smallest absolute Gasteiger partial charge is 0.250 e. The van der Waals surface area contributed by atoms with E-state index >= 15 is 0 Å². The zero-order valence-corrected chi connectivity index (χ0v) is 10.3. The molecular weight excluding hydrogens is 194 g/mol. The van der Waals surface area contributed by atoms with Gasteiger partial charge in [0.25, 0.3) is 5.91 Å². The summed E-state index contributed by atoms with van der Waals surface area (Å²) in [5.41, 5.74) is 2.19. The standard InChI is InChI=1S/C11H19NOS/c1-5-7-12-10(13)8(3)9(4)11(12)14-6-2/h11H,5-7H2,1-4H3. The van der Waals surface area contributed by atoms with Crippen molar-refractivity contribution in [3.63, 3.8) is 0 Å². The van der Waals surface area contributed by atoms with Crippen LogP contribution in [0.25, 0.3) is 0 Å². The molecule has 1 amide bonds. The fraction of sp³-hybridized carbons (Fsp3) is 0.727. The lowest BCUT2D eigenvalue weighted by atomic mass is 10.2. The molecule has 0 saturated carbocycles. The van der Waals surface area contributed by atoms with Gasteiger partial charge in [0.15, 0.2) is 0 Å². The number of thioether (sulfide) groups is 1. The minimum absolute atomic E-state index is 0.232. The lowest BCUT2D eigenvalue weighted by molar-refractivity contribution is -0.125. The summed E-state index contributed by atoms with van der Waals surface area (Å²) in [6, 6.07) is 0. The van der Waals surface area contributed by atoms with Crippen LogP contribution in [0.4, 0.5) is 0 Å². The lowest BCUT2D eigenvalue weighted by Crippen LogP contribution is -2.34. The highest BCUT2D eigenvalue weighted by molar-refractivity contribution is 8.00. The number of hydrogen-bond acceptors (Lipinski definition) is 2. The summed E-state index contributed by atoms with van der Waals surface area (Å²) < 4.78 is 0. The van der Waals surface area contributed by atoms with Crippen LogP contribution >= 0.6 is 11.8 Å². The Hall–Kier alpha value is -0.440. The molecule has 1 aliphatic heterocycles. The molecule has 0 bridgehead atoms. The van der Waals surface area contributed by atoms with Gasteiger partial charge in [0.1, 0.15) is 0 Å². The molecule has 80 valence electrons. The second-order valence-corrected chi connectivity index (χ2v) is 4.97. The average Bonchev–Trinajstić information content (AvgIpc) is 2.36. The molecule has 1 rings (SSSR count). The molecule has 0 fully saturated rings. The van der Waals surface area contributed by atoms with Crippen molar-refractivity contribution in [3.05, 3.63) is 11.1 Å². The third kappa shape index (κ3) is 1.97. The lowest BCUT2D eigenvalue weighted by Gasteiger charge is -2.25. The summed E-state index contributed by atoms with van der Waals surface area (Å²) in [7, 11) is 0. The third-order valence-corrected chi connectivity index (χ3v) is 3.87. The van der Waals surface area contributed by atoms with Gasteiger partial charge in [0.05, 0.1) is 5.37 Å². The van der Waals surface area contributed by atoms with Crippen LogP contribution in [0.15, 0.2) is 11.1 Å². The Labute approximate surface area is 90.7 Å². The molecule has 1 unspecified atom stereocenters. The van der Waals surface area contributed by atoms with Crippen LogP contribution < -0.4 is 0 Å². The van der Waals surface area contributed by atoms with Crippen LogP contribution in [0.5, 0.6) is 0 Å². The van der Waals surface area contributed by atoms with E-state index in [0.29, 0.717) is 5.37 Å². The van der Waals surface area contributed by atoms with Crippen molar-refractivity contribution in [2.75, 3.05) is 12.3 Å². The Morgan fingerprint density at radius 1 is 1.36 bits per heavy atom. The average molecular weight is 213 g/mol. The maximum absolute atomic E-state index is 11.8. The number of nitrogens with zero attached hydrogens (tertiary/aromatic N) is 1. The van der Waals surface area contributed by atoms with E-state index in [1.807, 2.05) is 23.6 Å². The van der Waals surface area contributed by atoms with Crippen LogP contribution in [-0.2, 0) is 4.79 Å². The Morgan fingerprint density at radius 3 is 2.50 bits per heavy atom. The summed E-state index contributed by atoms with van der Waals surface area (Å²) in [4.78, 5) is 13.8. The molecule has 3 heteroatoms. The Kier molecular flexibility index (Phi) is 4.05. The number of amides is 1. The molecule has 2 nitrogen and oxygen atoms in total.